The van der Waals surface area contributed by atoms with E-state index in [9.17, 15) is 4.79 Å². The van der Waals surface area contributed by atoms with E-state index in [0.29, 0.717) is 5.69 Å². The van der Waals surface area contributed by atoms with Crippen molar-refractivity contribution in [2.75, 3.05) is 11.1 Å². The maximum atomic E-state index is 12.5. The van der Waals surface area contributed by atoms with Gasteiger partial charge in [-0.2, -0.15) is 0 Å². The van der Waals surface area contributed by atoms with Crippen LogP contribution in [0.15, 0.2) is 36.4 Å². The SMILES string of the molecule is Cc1ccc(N)c(C)c1NC(=O)C1Cc2ccccc2C1. The molecule has 0 unspecified atom stereocenters. The number of rotatable bonds is 2. The van der Waals surface area contributed by atoms with Crippen molar-refractivity contribution in [3.63, 3.8) is 0 Å². The van der Waals surface area contributed by atoms with E-state index in [1.165, 1.54) is 11.1 Å². The molecule has 2 aromatic rings. The Kier molecular flexibility index (Phi) is 3.42. The number of benzene rings is 2. The van der Waals surface area contributed by atoms with Crippen LogP contribution in [0.3, 0.4) is 0 Å². The van der Waals surface area contributed by atoms with Crippen LogP contribution in [0, 0.1) is 19.8 Å². The summed E-state index contributed by atoms with van der Waals surface area (Å²) in [6, 6.07) is 12.1. The van der Waals surface area contributed by atoms with Crippen LogP contribution in [0.5, 0.6) is 0 Å². The number of nitrogen functional groups attached to an aromatic ring is 1. The summed E-state index contributed by atoms with van der Waals surface area (Å²) >= 11 is 0. The lowest BCUT2D eigenvalue weighted by Crippen LogP contribution is -2.24. The molecule has 3 rings (SSSR count). The third-order valence-corrected chi connectivity index (χ3v) is 4.39. The zero-order valence-corrected chi connectivity index (χ0v) is 12.4. The first-order valence-electron chi connectivity index (χ1n) is 7.29. The fraction of sp³-hybridized carbons (Fsp3) is 0.278. The van der Waals surface area contributed by atoms with Crippen molar-refractivity contribution >= 4 is 17.3 Å². The van der Waals surface area contributed by atoms with Crippen molar-refractivity contribution in [1.29, 1.82) is 0 Å². The molecule has 1 aliphatic rings. The number of hydrogen-bond donors (Lipinski definition) is 2. The number of aryl methyl sites for hydroxylation is 1. The largest absolute Gasteiger partial charge is 0.398 e. The van der Waals surface area contributed by atoms with Crippen molar-refractivity contribution in [3.05, 3.63) is 58.7 Å². The molecule has 0 radical (unpaired) electrons. The second kappa shape index (κ2) is 5.24. The highest BCUT2D eigenvalue weighted by molar-refractivity contribution is 5.95. The van der Waals surface area contributed by atoms with Gasteiger partial charge in [-0.05, 0) is 55.0 Å². The van der Waals surface area contributed by atoms with Gasteiger partial charge in [-0.15, -0.1) is 0 Å². The molecule has 0 saturated heterocycles. The molecule has 3 N–H and O–H groups in total. The first-order valence-corrected chi connectivity index (χ1v) is 7.29. The fourth-order valence-electron chi connectivity index (χ4n) is 3.03. The van der Waals surface area contributed by atoms with Crippen LogP contribution in [0.2, 0.25) is 0 Å². The molecular weight excluding hydrogens is 260 g/mol. The number of carbonyl (C=O) groups is 1. The molecule has 1 amide bonds. The van der Waals surface area contributed by atoms with Gasteiger partial charge in [0, 0.05) is 17.3 Å². The normalized spacial score (nSPS) is 14.0. The third-order valence-electron chi connectivity index (χ3n) is 4.39. The maximum Gasteiger partial charge on any atom is 0.228 e. The predicted octanol–water partition coefficient (Wildman–Crippen LogP) is 3.24. The molecule has 0 spiro atoms. The number of amides is 1. The number of nitrogens with two attached hydrogens (primary N) is 1. The molecule has 0 aromatic heterocycles. The van der Waals surface area contributed by atoms with Crippen LogP contribution < -0.4 is 11.1 Å². The average molecular weight is 280 g/mol. The van der Waals surface area contributed by atoms with Crippen molar-refractivity contribution in [3.8, 4) is 0 Å². The molecule has 0 bridgehead atoms. The van der Waals surface area contributed by atoms with Crippen molar-refractivity contribution < 1.29 is 4.79 Å². The second-order valence-electron chi connectivity index (χ2n) is 5.83. The van der Waals surface area contributed by atoms with Crippen LogP contribution in [-0.4, -0.2) is 5.91 Å². The molecule has 3 heteroatoms. The Morgan fingerprint density at radius 1 is 1.10 bits per heavy atom. The molecule has 1 aliphatic carbocycles. The van der Waals surface area contributed by atoms with Crippen molar-refractivity contribution in [2.24, 2.45) is 5.92 Å². The van der Waals surface area contributed by atoms with Gasteiger partial charge in [-0.1, -0.05) is 30.3 Å². The van der Waals surface area contributed by atoms with E-state index in [4.69, 9.17) is 5.73 Å². The van der Waals surface area contributed by atoms with E-state index in [2.05, 4.69) is 17.4 Å². The molecule has 0 fully saturated rings. The van der Waals surface area contributed by atoms with Gasteiger partial charge in [0.25, 0.3) is 0 Å². The van der Waals surface area contributed by atoms with Gasteiger partial charge < -0.3 is 11.1 Å². The average Bonchev–Trinajstić information content (AvgIpc) is 2.91. The number of nitrogens with one attached hydrogen (secondary N) is 1. The van der Waals surface area contributed by atoms with E-state index in [-0.39, 0.29) is 11.8 Å². The monoisotopic (exact) mass is 280 g/mol. The molecular formula is C18H20N2O. The maximum absolute atomic E-state index is 12.5. The van der Waals surface area contributed by atoms with Crippen LogP contribution >= 0.6 is 0 Å². The molecule has 21 heavy (non-hydrogen) atoms. The minimum absolute atomic E-state index is 0.0163. The van der Waals surface area contributed by atoms with Gasteiger partial charge in [0.05, 0.1) is 0 Å². The standard InChI is InChI=1S/C18H20N2O/c1-11-7-8-16(19)12(2)17(11)20-18(21)15-9-13-5-3-4-6-14(13)10-15/h3-8,15H,9-10,19H2,1-2H3,(H,20,21). The minimum Gasteiger partial charge on any atom is -0.398 e. The van der Waals surface area contributed by atoms with Crippen LogP contribution in [0.25, 0.3) is 0 Å². The summed E-state index contributed by atoms with van der Waals surface area (Å²) in [4.78, 5) is 12.5. The first-order chi connectivity index (χ1) is 10.1. The van der Waals surface area contributed by atoms with E-state index in [1.807, 2.05) is 38.1 Å². The summed E-state index contributed by atoms with van der Waals surface area (Å²) in [7, 11) is 0. The summed E-state index contributed by atoms with van der Waals surface area (Å²) in [5.74, 6) is 0.102. The zero-order chi connectivity index (χ0) is 15.0. The highest BCUT2D eigenvalue weighted by Crippen LogP contribution is 2.30. The first kappa shape index (κ1) is 13.7. The summed E-state index contributed by atoms with van der Waals surface area (Å²) in [6.07, 6.45) is 1.64. The smallest absolute Gasteiger partial charge is 0.228 e. The van der Waals surface area contributed by atoms with Crippen LogP contribution in [0.4, 0.5) is 11.4 Å². The quantitative estimate of drug-likeness (QED) is 0.830. The Balaban J connectivity index is 1.79. The highest BCUT2D eigenvalue weighted by Gasteiger charge is 2.27. The van der Waals surface area contributed by atoms with E-state index in [0.717, 1.165) is 29.7 Å². The predicted molar refractivity (Wildman–Crippen MR) is 86.3 cm³/mol. The molecule has 0 aliphatic heterocycles. The van der Waals surface area contributed by atoms with Gasteiger partial charge in [0.2, 0.25) is 5.91 Å². The number of anilines is 2. The van der Waals surface area contributed by atoms with E-state index >= 15 is 0 Å². The second-order valence-corrected chi connectivity index (χ2v) is 5.83. The lowest BCUT2D eigenvalue weighted by molar-refractivity contribution is -0.119. The summed E-state index contributed by atoms with van der Waals surface area (Å²) in [5, 5.41) is 3.08. The number of fused-ring (bicyclic) bond motifs is 1. The van der Waals surface area contributed by atoms with Gasteiger partial charge in [0.1, 0.15) is 0 Å². The summed E-state index contributed by atoms with van der Waals surface area (Å²) in [6.45, 7) is 3.94. The van der Waals surface area contributed by atoms with Crippen LogP contribution in [0.1, 0.15) is 22.3 Å². The molecule has 3 nitrogen and oxygen atoms in total. The Morgan fingerprint density at radius 3 is 2.33 bits per heavy atom. The highest BCUT2D eigenvalue weighted by atomic mass is 16.1. The number of hydrogen-bond acceptors (Lipinski definition) is 2. The lowest BCUT2D eigenvalue weighted by Gasteiger charge is -2.16. The Bertz CT molecular complexity index is 681. The lowest BCUT2D eigenvalue weighted by atomic mass is 10.0. The van der Waals surface area contributed by atoms with Gasteiger partial charge >= 0.3 is 0 Å². The Morgan fingerprint density at radius 2 is 1.71 bits per heavy atom. The molecule has 108 valence electrons. The van der Waals surface area contributed by atoms with E-state index < -0.39 is 0 Å². The minimum atomic E-state index is 0.0163. The van der Waals surface area contributed by atoms with Gasteiger partial charge in [-0.3, -0.25) is 4.79 Å². The Labute approximate surface area is 125 Å². The van der Waals surface area contributed by atoms with Gasteiger partial charge in [0.15, 0.2) is 0 Å². The summed E-state index contributed by atoms with van der Waals surface area (Å²) in [5.41, 5.74) is 12.1. The van der Waals surface area contributed by atoms with Gasteiger partial charge in [-0.25, -0.2) is 0 Å². The molecule has 0 saturated carbocycles. The van der Waals surface area contributed by atoms with Crippen LogP contribution in [-0.2, 0) is 17.6 Å². The van der Waals surface area contributed by atoms with E-state index in [1.54, 1.807) is 0 Å². The van der Waals surface area contributed by atoms with Crippen molar-refractivity contribution in [2.45, 2.75) is 26.7 Å². The third kappa shape index (κ3) is 2.51. The fourth-order valence-corrected chi connectivity index (χ4v) is 3.03. The summed E-state index contributed by atoms with van der Waals surface area (Å²) < 4.78 is 0. The Hall–Kier alpha value is -2.29. The molecule has 0 heterocycles. The topological polar surface area (TPSA) is 55.1 Å². The number of carbonyl (C=O) groups excluding carboxylic acids is 1. The van der Waals surface area contributed by atoms with Crippen molar-refractivity contribution in [1.82, 2.24) is 0 Å². The molecule has 2 aromatic carbocycles. The molecule has 0 atom stereocenters. The zero-order valence-electron chi connectivity index (χ0n) is 12.4.